The molecule has 1 heterocycles. The van der Waals surface area contributed by atoms with Gasteiger partial charge in [-0.05, 0) is 6.92 Å². The molecule has 1 saturated heterocycles. The van der Waals surface area contributed by atoms with Crippen LogP contribution in [-0.2, 0) is 9.05 Å². The molecule has 0 aromatic rings. The largest absolute Gasteiger partial charge is 0.334 e. The minimum atomic E-state index is -1.46. The van der Waals surface area contributed by atoms with E-state index in [4.69, 9.17) is 4.89 Å². The summed E-state index contributed by atoms with van der Waals surface area (Å²) in [5.41, 5.74) is 0. The van der Waals surface area contributed by atoms with Gasteiger partial charge < -0.3 is 4.89 Å². The first kappa shape index (κ1) is 4.47. The predicted molar refractivity (Wildman–Crippen MR) is 20.8 cm³/mol. The Balaban J connectivity index is 2.11. The molecule has 1 fully saturated rings. The molecular weight excluding hydrogens is 103 g/mol. The molecule has 0 spiro atoms. The average molecular weight is 108 g/mol. The Bertz CT molecular complexity index is 44.8. The molecule has 1 aliphatic heterocycles. The van der Waals surface area contributed by atoms with Crippen LogP contribution in [0.15, 0.2) is 0 Å². The summed E-state index contributed by atoms with van der Waals surface area (Å²) in [6, 6.07) is 0. The van der Waals surface area contributed by atoms with Crippen molar-refractivity contribution in [3.8, 4) is 0 Å². The van der Waals surface area contributed by atoms with Gasteiger partial charge in [-0.1, -0.05) is 0 Å². The monoisotopic (exact) mass is 108 g/mol. The number of rotatable bonds is 0. The van der Waals surface area contributed by atoms with Gasteiger partial charge in [0, 0.05) is 0 Å². The third-order valence-electron chi connectivity index (χ3n) is 0.477. The Hall–Kier alpha value is 0.310. The summed E-state index contributed by atoms with van der Waals surface area (Å²) in [4.78, 5) is 8.24. The van der Waals surface area contributed by atoms with E-state index >= 15 is 0 Å². The van der Waals surface area contributed by atoms with E-state index in [9.17, 15) is 0 Å². The van der Waals surface area contributed by atoms with Crippen LogP contribution in [0.1, 0.15) is 6.92 Å². The highest BCUT2D eigenvalue weighted by Gasteiger charge is 2.25. The molecule has 1 rings (SSSR count). The lowest BCUT2D eigenvalue weighted by molar-refractivity contribution is -0.0781. The van der Waals surface area contributed by atoms with Crippen molar-refractivity contribution in [2.24, 2.45) is 0 Å². The van der Waals surface area contributed by atoms with E-state index in [2.05, 4.69) is 9.05 Å². The van der Waals surface area contributed by atoms with Crippen LogP contribution in [0.4, 0.5) is 0 Å². The second-order valence-electron chi connectivity index (χ2n) is 1.02. The second-order valence-corrected chi connectivity index (χ2v) is 1.91. The molecule has 0 unspecified atom stereocenters. The number of hydrogen-bond donors (Lipinski definition) is 1. The molecule has 4 heteroatoms. The molecule has 36 valence electrons. The summed E-state index contributed by atoms with van der Waals surface area (Å²) < 4.78 is 9.07. The summed E-state index contributed by atoms with van der Waals surface area (Å²) in [7, 11) is -1.46. The number of hydrogen-bond acceptors (Lipinski definition) is 3. The topological polar surface area (TPSA) is 38.7 Å². The zero-order chi connectivity index (χ0) is 4.57. The molecule has 0 aromatic carbocycles. The Kier molecular flexibility index (Phi) is 1.06. The Labute approximate surface area is 36.9 Å². The summed E-state index contributed by atoms with van der Waals surface area (Å²) in [6.45, 7) is 1.73. The van der Waals surface area contributed by atoms with Gasteiger partial charge in [-0.25, -0.2) is 0 Å². The fourth-order valence-corrected chi connectivity index (χ4v) is 0.786. The van der Waals surface area contributed by atoms with E-state index in [1.54, 1.807) is 6.92 Å². The SMILES string of the molecule is CC1OP(O)O1. The van der Waals surface area contributed by atoms with Crippen molar-refractivity contribution in [3.05, 3.63) is 0 Å². The summed E-state index contributed by atoms with van der Waals surface area (Å²) in [5, 5.41) is 0. The molecule has 0 saturated carbocycles. The Morgan fingerprint density at radius 3 is 2.17 bits per heavy atom. The third kappa shape index (κ3) is 0.684. The van der Waals surface area contributed by atoms with Crippen molar-refractivity contribution >= 4 is 8.60 Å². The lowest BCUT2D eigenvalue weighted by atomic mass is 10.8. The first-order chi connectivity index (χ1) is 2.79. The van der Waals surface area contributed by atoms with E-state index in [1.165, 1.54) is 0 Å². The smallest absolute Gasteiger partial charge is 0.328 e. The maximum Gasteiger partial charge on any atom is 0.334 e. The molecule has 1 aliphatic rings. The van der Waals surface area contributed by atoms with Crippen molar-refractivity contribution in [1.82, 2.24) is 0 Å². The van der Waals surface area contributed by atoms with Crippen LogP contribution in [-0.4, -0.2) is 11.2 Å². The van der Waals surface area contributed by atoms with E-state index in [0.29, 0.717) is 0 Å². The van der Waals surface area contributed by atoms with Crippen LogP contribution in [0.25, 0.3) is 0 Å². The van der Waals surface area contributed by atoms with E-state index in [1.807, 2.05) is 0 Å². The first-order valence-corrected chi connectivity index (χ1v) is 2.74. The third-order valence-corrected chi connectivity index (χ3v) is 1.43. The molecule has 0 bridgehead atoms. The molecule has 0 aromatic heterocycles. The highest BCUT2D eigenvalue weighted by atomic mass is 31.2. The van der Waals surface area contributed by atoms with Crippen molar-refractivity contribution in [1.29, 1.82) is 0 Å². The van der Waals surface area contributed by atoms with Gasteiger partial charge in [0.2, 0.25) is 0 Å². The molecule has 0 aliphatic carbocycles. The van der Waals surface area contributed by atoms with Crippen LogP contribution < -0.4 is 0 Å². The molecule has 0 amide bonds. The van der Waals surface area contributed by atoms with Crippen LogP contribution in [0, 0.1) is 0 Å². The van der Waals surface area contributed by atoms with Crippen LogP contribution >= 0.6 is 8.60 Å². The van der Waals surface area contributed by atoms with E-state index in [-0.39, 0.29) is 6.29 Å². The Morgan fingerprint density at radius 2 is 2.17 bits per heavy atom. The van der Waals surface area contributed by atoms with Gasteiger partial charge in [-0.2, -0.15) is 0 Å². The van der Waals surface area contributed by atoms with Crippen molar-refractivity contribution in [2.45, 2.75) is 13.2 Å². The first-order valence-electron chi connectivity index (χ1n) is 1.61. The Morgan fingerprint density at radius 1 is 1.67 bits per heavy atom. The van der Waals surface area contributed by atoms with Gasteiger partial charge in [0.15, 0.2) is 6.29 Å². The zero-order valence-electron chi connectivity index (χ0n) is 3.29. The fraction of sp³-hybridized carbons (Fsp3) is 1.00. The van der Waals surface area contributed by atoms with Gasteiger partial charge in [0.05, 0.1) is 0 Å². The highest BCUT2D eigenvalue weighted by molar-refractivity contribution is 7.41. The van der Waals surface area contributed by atoms with E-state index < -0.39 is 8.60 Å². The van der Waals surface area contributed by atoms with E-state index in [0.717, 1.165) is 0 Å². The lowest BCUT2D eigenvalue weighted by Gasteiger charge is -2.25. The molecule has 1 N–H and O–H groups in total. The normalized spacial score (nSPS) is 45.0. The quantitative estimate of drug-likeness (QED) is 0.462. The predicted octanol–water partition coefficient (Wildman–Crippen LogP) is 0.598. The molecule has 0 radical (unpaired) electrons. The van der Waals surface area contributed by atoms with Gasteiger partial charge >= 0.3 is 8.60 Å². The minimum Gasteiger partial charge on any atom is -0.328 e. The van der Waals surface area contributed by atoms with Gasteiger partial charge in [-0.15, -0.1) is 0 Å². The lowest BCUT2D eigenvalue weighted by Crippen LogP contribution is -2.17. The molecule has 6 heavy (non-hydrogen) atoms. The van der Waals surface area contributed by atoms with Gasteiger partial charge in [0.25, 0.3) is 0 Å². The zero-order valence-corrected chi connectivity index (χ0v) is 4.18. The van der Waals surface area contributed by atoms with Crippen molar-refractivity contribution in [3.63, 3.8) is 0 Å². The standard InChI is InChI=1S/C2H5O3P/c1-2-4-6(3)5-2/h2-3H,1H3. The average Bonchev–Trinajstić information content (AvgIpc) is 1.33. The molecule has 3 nitrogen and oxygen atoms in total. The second kappa shape index (κ2) is 1.43. The van der Waals surface area contributed by atoms with Crippen LogP contribution in [0.3, 0.4) is 0 Å². The van der Waals surface area contributed by atoms with Gasteiger partial charge in [0.1, 0.15) is 0 Å². The van der Waals surface area contributed by atoms with Crippen molar-refractivity contribution < 1.29 is 13.9 Å². The molecule has 0 atom stereocenters. The van der Waals surface area contributed by atoms with Gasteiger partial charge in [-0.3, -0.25) is 9.05 Å². The highest BCUT2D eigenvalue weighted by Crippen LogP contribution is 2.46. The summed E-state index contributed by atoms with van der Waals surface area (Å²) in [5.74, 6) is 0. The maximum absolute atomic E-state index is 8.24. The maximum atomic E-state index is 8.24. The van der Waals surface area contributed by atoms with Crippen LogP contribution in [0.5, 0.6) is 0 Å². The summed E-state index contributed by atoms with van der Waals surface area (Å²) in [6.07, 6.45) is -0.180. The summed E-state index contributed by atoms with van der Waals surface area (Å²) >= 11 is 0. The van der Waals surface area contributed by atoms with Crippen LogP contribution in [0.2, 0.25) is 0 Å². The fourth-order valence-electron chi connectivity index (χ4n) is 0.262. The molecular formula is C2H5O3P. The van der Waals surface area contributed by atoms with Crippen molar-refractivity contribution in [2.75, 3.05) is 0 Å². The minimum absolute atomic E-state index is 0.180.